The van der Waals surface area contributed by atoms with Crippen LogP contribution in [-0.4, -0.2) is 30.7 Å². The molecule has 0 radical (unpaired) electrons. The molecule has 0 saturated carbocycles. The van der Waals surface area contributed by atoms with Crippen LogP contribution in [0.2, 0.25) is 0 Å². The molecule has 2 aliphatic carbocycles. The summed E-state index contributed by atoms with van der Waals surface area (Å²) in [5, 5.41) is 2.27. The van der Waals surface area contributed by atoms with Crippen LogP contribution in [0.3, 0.4) is 0 Å². The molecule has 4 heteroatoms. The van der Waals surface area contributed by atoms with Crippen molar-refractivity contribution in [2.75, 3.05) is 0 Å². The summed E-state index contributed by atoms with van der Waals surface area (Å²) in [4.78, 5) is 10.3. The normalized spacial score (nSPS) is 19.7. The Labute approximate surface area is 334 Å². The van der Waals surface area contributed by atoms with E-state index >= 15 is 0 Å². The number of hydrogen-bond acceptors (Lipinski definition) is 4. The minimum absolute atomic E-state index is 0.0559. The second kappa shape index (κ2) is 11.7. The lowest BCUT2D eigenvalue weighted by Gasteiger charge is -2.31. The molecule has 0 aromatic heterocycles. The molecular weight excluding hydrogens is 705 g/mol. The summed E-state index contributed by atoms with van der Waals surface area (Å²) in [6.07, 6.45) is 0. The summed E-state index contributed by atoms with van der Waals surface area (Å²) in [7, 11) is 0. The van der Waals surface area contributed by atoms with Gasteiger partial charge in [-0.25, -0.2) is 0 Å². The Balaban J connectivity index is 1.10. The number of rotatable bonds is 4. The first-order chi connectivity index (χ1) is 26.2. The highest BCUT2D eigenvalue weighted by Crippen LogP contribution is 2.63. The van der Waals surface area contributed by atoms with E-state index in [4.69, 9.17) is 9.98 Å². The Hall–Kier alpha value is -4.64. The molecule has 0 saturated heterocycles. The molecule has 1 spiro atoms. The molecule has 0 atom stereocenters. The molecule has 55 heavy (non-hydrogen) atoms. The number of thioether (sulfide) groups is 2. The highest BCUT2D eigenvalue weighted by atomic mass is 32.2. The molecule has 2 nitrogen and oxygen atoms in total. The number of hydrogen-bond donors (Lipinski definition) is 0. The Morgan fingerprint density at radius 3 is 1.04 bits per heavy atom. The third-order valence-electron chi connectivity index (χ3n) is 13.4. The van der Waals surface area contributed by atoms with Crippen molar-refractivity contribution in [3.05, 3.63) is 167 Å². The fraction of sp³-hybridized carbons (Fsp3) is 0.255. The maximum Gasteiger partial charge on any atom is 0.0990 e. The fourth-order valence-electron chi connectivity index (χ4n) is 8.91. The van der Waals surface area contributed by atoms with Gasteiger partial charge < -0.3 is 0 Å². The Morgan fingerprint density at radius 1 is 0.345 bits per heavy atom. The average molecular weight is 751 g/mol. The second-order valence-electron chi connectivity index (χ2n) is 17.7. The van der Waals surface area contributed by atoms with Crippen LogP contribution in [0.25, 0.3) is 44.5 Å². The predicted octanol–water partition coefficient (Wildman–Crippen LogP) is 13.5. The predicted molar refractivity (Wildman–Crippen MR) is 238 cm³/mol. The number of aliphatic imine (C=N–C) groups is 2. The molecule has 2 aliphatic heterocycles. The lowest BCUT2D eigenvalue weighted by molar-refractivity contribution is 0.426. The minimum Gasteiger partial charge on any atom is -0.270 e. The fourth-order valence-corrected chi connectivity index (χ4v) is 11.5. The third kappa shape index (κ3) is 4.96. The van der Waals surface area contributed by atoms with E-state index in [0.29, 0.717) is 0 Å². The first-order valence-corrected chi connectivity index (χ1v) is 21.1. The number of fused-ring (bicyclic) bond motifs is 10. The van der Waals surface area contributed by atoms with Gasteiger partial charge in [0.05, 0.1) is 26.6 Å². The van der Waals surface area contributed by atoms with Crippen molar-refractivity contribution in [1.29, 1.82) is 0 Å². The van der Waals surface area contributed by atoms with Crippen LogP contribution in [0.4, 0.5) is 0 Å². The molecule has 6 aromatic carbocycles. The zero-order valence-electron chi connectivity index (χ0n) is 32.9. The summed E-state index contributed by atoms with van der Waals surface area (Å²) in [6.45, 7) is 18.2. The van der Waals surface area contributed by atoms with E-state index in [1.807, 2.05) is 23.5 Å². The summed E-state index contributed by atoms with van der Waals surface area (Å²) >= 11 is 3.78. The monoisotopic (exact) mass is 750 g/mol. The van der Waals surface area contributed by atoms with Crippen molar-refractivity contribution in [3.8, 4) is 44.5 Å². The van der Waals surface area contributed by atoms with Crippen LogP contribution in [0.5, 0.6) is 0 Å². The van der Waals surface area contributed by atoms with E-state index in [-0.39, 0.29) is 20.6 Å². The molecule has 0 unspecified atom stereocenters. The Bertz CT molecular complexity index is 2450. The smallest absolute Gasteiger partial charge is 0.0990 e. The first kappa shape index (κ1) is 34.8. The van der Waals surface area contributed by atoms with Crippen LogP contribution in [-0.2, 0) is 5.41 Å². The van der Waals surface area contributed by atoms with E-state index < -0.39 is 5.41 Å². The van der Waals surface area contributed by atoms with Gasteiger partial charge in [-0.05, 0) is 134 Å². The van der Waals surface area contributed by atoms with Crippen molar-refractivity contribution in [2.45, 2.75) is 81.4 Å². The highest BCUT2D eigenvalue weighted by Gasteiger charge is 2.52. The number of benzene rings is 6. The van der Waals surface area contributed by atoms with Crippen LogP contribution >= 0.6 is 23.5 Å². The molecule has 4 aliphatic rings. The molecule has 0 amide bonds. The largest absolute Gasteiger partial charge is 0.270 e. The lowest BCUT2D eigenvalue weighted by Crippen LogP contribution is -2.36. The van der Waals surface area contributed by atoms with E-state index in [1.165, 1.54) is 77.9 Å². The van der Waals surface area contributed by atoms with Gasteiger partial charge in [-0.2, -0.15) is 0 Å². The van der Waals surface area contributed by atoms with Gasteiger partial charge in [0.15, 0.2) is 0 Å². The van der Waals surface area contributed by atoms with Crippen LogP contribution in [0.1, 0.15) is 88.8 Å². The third-order valence-corrected chi connectivity index (χ3v) is 16.5. The molecule has 0 N–H and O–H groups in total. The van der Waals surface area contributed by atoms with Crippen molar-refractivity contribution in [1.82, 2.24) is 0 Å². The van der Waals surface area contributed by atoms with Gasteiger partial charge in [-0.3, -0.25) is 9.98 Å². The second-order valence-corrected chi connectivity index (χ2v) is 20.9. The van der Waals surface area contributed by atoms with Gasteiger partial charge >= 0.3 is 0 Å². The van der Waals surface area contributed by atoms with Gasteiger partial charge in [0.25, 0.3) is 0 Å². The van der Waals surface area contributed by atoms with E-state index in [1.54, 1.807) is 0 Å². The van der Waals surface area contributed by atoms with Crippen molar-refractivity contribution < 1.29 is 0 Å². The molecular formula is C51H46N2S2. The molecule has 0 bridgehead atoms. The standard InChI is InChI=1S/C51H46N2S2/c1-47(2)49(5,6)54-45(52-47)33-21-17-31(18-22-33)35-25-27-39-40-28-26-36(32-19-23-34(24-20-32)46-53-48(3,4)50(7,8)55-46)30-44(40)51(43(39)29-35)41-15-11-9-13-37(41)38-14-10-12-16-42(38)51/h9-30H,1-8H3. The summed E-state index contributed by atoms with van der Waals surface area (Å²) in [5.74, 6) is 0. The van der Waals surface area contributed by atoms with E-state index in [2.05, 4.69) is 189 Å². The van der Waals surface area contributed by atoms with Crippen molar-refractivity contribution in [2.24, 2.45) is 9.98 Å². The van der Waals surface area contributed by atoms with Crippen molar-refractivity contribution >= 4 is 33.6 Å². The van der Waals surface area contributed by atoms with E-state index in [9.17, 15) is 0 Å². The van der Waals surface area contributed by atoms with Crippen LogP contribution < -0.4 is 0 Å². The highest BCUT2D eigenvalue weighted by molar-refractivity contribution is 8.16. The molecule has 6 aromatic rings. The SMILES string of the molecule is CC1(C)N=C(c2ccc(-c3ccc4c(c3)C3(c5ccccc5-c5ccccc53)c3cc(-c5ccc(C6=NC(C)(C)C(C)(C)S6)cc5)ccc3-4)cc2)SC1(C)C. The summed E-state index contributed by atoms with van der Waals surface area (Å²) < 4.78 is 0.112. The van der Waals surface area contributed by atoms with Crippen LogP contribution in [0, 0.1) is 0 Å². The summed E-state index contributed by atoms with van der Waals surface area (Å²) in [6, 6.07) is 50.6. The quantitative estimate of drug-likeness (QED) is 0.179. The zero-order valence-corrected chi connectivity index (χ0v) is 34.5. The Kier molecular flexibility index (Phi) is 7.40. The van der Waals surface area contributed by atoms with Crippen molar-refractivity contribution in [3.63, 3.8) is 0 Å². The topological polar surface area (TPSA) is 24.7 Å². The number of nitrogens with zero attached hydrogens (tertiary/aromatic N) is 2. The van der Waals surface area contributed by atoms with Gasteiger partial charge in [0.2, 0.25) is 0 Å². The molecule has 0 fully saturated rings. The van der Waals surface area contributed by atoms with Gasteiger partial charge in [-0.15, -0.1) is 0 Å². The Morgan fingerprint density at radius 2 is 0.673 bits per heavy atom. The minimum atomic E-state index is -0.428. The van der Waals surface area contributed by atoms with E-state index in [0.717, 1.165) is 10.1 Å². The maximum absolute atomic E-state index is 5.14. The average Bonchev–Trinajstić information content (AvgIpc) is 3.79. The lowest BCUT2D eigenvalue weighted by atomic mass is 9.70. The molecule has 10 rings (SSSR count). The maximum atomic E-state index is 5.14. The molecule has 2 heterocycles. The van der Waals surface area contributed by atoms with Gasteiger partial charge in [0, 0.05) is 20.6 Å². The first-order valence-electron chi connectivity index (χ1n) is 19.5. The van der Waals surface area contributed by atoms with Gasteiger partial charge in [0.1, 0.15) is 0 Å². The molecule has 272 valence electrons. The summed E-state index contributed by atoms with van der Waals surface area (Å²) in [5.41, 5.74) is 17.4. The zero-order chi connectivity index (χ0) is 38.1. The van der Waals surface area contributed by atoms with Gasteiger partial charge in [-0.1, -0.05) is 145 Å². The van der Waals surface area contributed by atoms with Crippen LogP contribution in [0.15, 0.2) is 143 Å².